The number of fused-ring (bicyclic) bond motifs is 2. The van der Waals surface area contributed by atoms with E-state index in [1.165, 1.54) is 0 Å². The molecule has 0 spiro atoms. The van der Waals surface area contributed by atoms with Gasteiger partial charge in [0, 0.05) is 39.1 Å². The number of rotatable bonds is 4. The van der Waals surface area contributed by atoms with Crippen molar-refractivity contribution in [3.05, 3.63) is 42.6 Å². The number of aromatic nitrogens is 6. The lowest BCUT2D eigenvalue weighted by atomic mass is 10.2. The van der Waals surface area contributed by atoms with Crippen LogP contribution in [0.25, 0.3) is 22.1 Å². The van der Waals surface area contributed by atoms with Crippen molar-refractivity contribution in [3.63, 3.8) is 0 Å². The van der Waals surface area contributed by atoms with Crippen molar-refractivity contribution in [1.29, 1.82) is 0 Å². The molecule has 0 unspecified atom stereocenters. The van der Waals surface area contributed by atoms with Gasteiger partial charge in [-0.1, -0.05) is 12.1 Å². The van der Waals surface area contributed by atoms with Crippen LogP contribution in [0.4, 0.5) is 5.82 Å². The Labute approximate surface area is 179 Å². The molecule has 1 saturated heterocycles. The molecule has 6 rings (SSSR count). The van der Waals surface area contributed by atoms with E-state index in [9.17, 15) is 4.79 Å². The standard InChI is InChI=1S/C22H24N8O/c1-27-21-16(12-25-27)22(24-14-23-21)29-10-8-28(9-11-29)19(31)13-30-18-5-3-2-4-17(18)26-20(30)15-6-7-15/h2-5,12,14-15H,6-11,13H2,1H3. The van der Waals surface area contributed by atoms with Crippen LogP contribution in [-0.2, 0) is 18.4 Å². The Morgan fingerprint density at radius 3 is 2.71 bits per heavy atom. The summed E-state index contributed by atoms with van der Waals surface area (Å²) in [5.41, 5.74) is 2.85. The summed E-state index contributed by atoms with van der Waals surface area (Å²) in [6.45, 7) is 3.19. The molecule has 31 heavy (non-hydrogen) atoms. The largest absolute Gasteiger partial charge is 0.352 e. The first-order valence-corrected chi connectivity index (χ1v) is 10.8. The number of nitrogens with zero attached hydrogens (tertiary/aromatic N) is 8. The van der Waals surface area contributed by atoms with Crippen LogP contribution in [0.1, 0.15) is 24.6 Å². The van der Waals surface area contributed by atoms with Crippen LogP contribution < -0.4 is 4.90 Å². The molecule has 1 saturated carbocycles. The molecule has 9 heteroatoms. The fourth-order valence-electron chi connectivity index (χ4n) is 4.52. The number of aryl methyl sites for hydroxylation is 1. The van der Waals surface area contributed by atoms with E-state index in [0.29, 0.717) is 25.6 Å². The lowest BCUT2D eigenvalue weighted by Gasteiger charge is -2.35. The molecule has 4 heterocycles. The molecule has 9 nitrogen and oxygen atoms in total. The van der Waals surface area contributed by atoms with Crippen molar-refractivity contribution in [2.75, 3.05) is 31.1 Å². The maximum Gasteiger partial charge on any atom is 0.242 e. The zero-order valence-corrected chi connectivity index (χ0v) is 17.5. The number of carbonyl (C=O) groups is 1. The van der Waals surface area contributed by atoms with Crippen LogP contribution in [0.3, 0.4) is 0 Å². The predicted molar refractivity (Wildman–Crippen MR) is 117 cm³/mol. The Hall–Kier alpha value is -3.49. The maximum atomic E-state index is 13.2. The highest BCUT2D eigenvalue weighted by molar-refractivity contribution is 5.87. The Bertz CT molecular complexity index is 1280. The van der Waals surface area contributed by atoms with E-state index >= 15 is 0 Å². The minimum atomic E-state index is 0.152. The van der Waals surface area contributed by atoms with Crippen LogP contribution in [0, 0.1) is 0 Å². The number of hydrogen-bond donors (Lipinski definition) is 0. The molecule has 1 amide bonds. The molecular formula is C22H24N8O. The van der Waals surface area contributed by atoms with E-state index in [2.05, 4.69) is 30.6 Å². The maximum absolute atomic E-state index is 13.2. The highest BCUT2D eigenvalue weighted by Crippen LogP contribution is 2.40. The van der Waals surface area contributed by atoms with Crippen LogP contribution in [0.15, 0.2) is 36.8 Å². The van der Waals surface area contributed by atoms with Gasteiger partial charge in [0.2, 0.25) is 5.91 Å². The molecule has 158 valence electrons. The fraction of sp³-hybridized carbons (Fsp3) is 0.409. The molecule has 2 aliphatic rings. The Morgan fingerprint density at radius 2 is 1.90 bits per heavy atom. The number of carbonyl (C=O) groups excluding carboxylic acids is 1. The first-order chi connectivity index (χ1) is 15.2. The summed E-state index contributed by atoms with van der Waals surface area (Å²) in [5, 5.41) is 5.25. The number of amides is 1. The normalized spacial score (nSPS) is 17.1. The number of anilines is 1. The van der Waals surface area contributed by atoms with Crippen molar-refractivity contribution < 1.29 is 4.79 Å². The van der Waals surface area contributed by atoms with Gasteiger partial charge in [-0.25, -0.2) is 15.0 Å². The van der Waals surface area contributed by atoms with Crippen molar-refractivity contribution in [2.45, 2.75) is 25.3 Å². The molecule has 2 fully saturated rings. The predicted octanol–water partition coefficient (Wildman–Crippen LogP) is 1.94. The molecule has 3 aromatic heterocycles. The molecule has 4 aromatic rings. The van der Waals surface area contributed by atoms with Crippen molar-refractivity contribution in [2.24, 2.45) is 7.05 Å². The summed E-state index contributed by atoms with van der Waals surface area (Å²) in [4.78, 5) is 31.0. The Balaban J connectivity index is 1.19. The first kappa shape index (κ1) is 18.3. The summed E-state index contributed by atoms with van der Waals surface area (Å²) in [6.07, 6.45) is 5.72. The van der Waals surface area contributed by atoms with Gasteiger partial charge in [-0.05, 0) is 25.0 Å². The third-order valence-electron chi connectivity index (χ3n) is 6.36. The van der Waals surface area contributed by atoms with E-state index in [1.807, 2.05) is 36.3 Å². The third-order valence-corrected chi connectivity index (χ3v) is 6.36. The van der Waals surface area contributed by atoms with Gasteiger partial charge in [0.05, 0.1) is 22.6 Å². The van der Waals surface area contributed by atoms with Gasteiger partial charge in [-0.2, -0.15) is 5.10 Å². The fourth-order valence-corrected chi connectivity index (χ4v) is 4.52. The van der Waals surface area contributed by atoms with E-state index in [4.69, 9.17) is 4.98 Å². The summed E-state index contributed by atoms with van der Waals surface area (Å²) in [7, 11) is 1.88. The van der Waals surface area contributed by atoms with E-state index in [1.54, 1.807) is 11.0 Å². The Kier molecular flexibility index (Phi) is 4.15. The molecule has 0 radical (unpaired) electrons. The number of benzene rings is 1. The van der Waals surface area contributed by atoms with Crippen molar-refractivity contribution in [1.82, 2.24) is 34.2 Å². The van der Waals surface area contributed by atoms with Gasteiger partial charge < -0.3 is 14.4 Å². The second-order valence-corrected chi connectivity index (χ2v) is 8.39. The monoisotopic (exact) mass is 416 g/mol. The SMILES string of the molecule is Cn1ncc2c(N3CCN(C(=O)Cn4c(C5CC5)nc5ccccc54)CC3)ncnc21. The molecular weight excluding hydrogens is 392 g/mol. The molecule has 1 aliphatic carbocycles. The van der Waals surface area contributed by atoms with Gasteiger partial charge in [0.15, 0.2) is 5.65 Å². The van der Waals surface area contributed by atoms with Crippen LogP contribution in [0.2, 0.25) is 0 Å². The lowest BCUT2D eigenvalue weighted by molar-refractivity contribution is -0.132. The molecule has 0 atom stereocenters. The van der Waals surface area contributed by atoms with E-state index in [0.717, 1.165) is 59.6 Å². The second kappa shape index (κ2) is 7.04. The molecule has 1 aromatic carbocycles. The van der Waals surface area contributed by atoms with Gasteiger partial charge >= 0.3 is 0 Å². The minimum absolute atomic E-state index is 0.152. The average molecular weight is 416 g/mol. The smallest absolute Gasteiger partial charge is 0.242 e. The van der Waals surface area contributed by atoms with Gasteiger partial charge in [-0.3, -0.25) is 9.48 Å². The van der Waals surface area contributed by atoms with Gasteiger partial charge in [0.25, 0.3) is 0 Å². The number of hydrogen-bond acceptors (Lipinski definition) is 6. The van der Waals surface area contributed by atoms with Crippen LogP contribution in [-0.4, -0.2) is 66.3 Å². The average Bonchev–Trinajstić information content (AvgIpc) is 3.50. The third kappa shape index (κ3) is 3.11. The summed E-state index contributed by atoms with van der Waals surface area (Å²) < 4.78 is 3.89. The minimum Gasteiger partial charge on any atom is -0.352 e. The quantitative estimate of drug-likeness (QED) is 0.506. The summed E-state index contributed by atoms with van der Waals surface area (Å²) >= 11 is 0. The summed E-state index contributed by atoms with van der Waals surface area (Å²) in [6, 6.07) is 8.11. The Morgan fingerprint density at radius 1 is 1.10 bits per heavy atom. The van der Waals surface area contributed by atoms with E-state index in [-0.39, 0.29) is 5.91 Å². The van der Waals surface area contributed by atoms with Crippen molar-refractivity contribution >= 4 is 33.8 Å². The second-order valence-electron chi connectivity index (χ2n) is 8.39. The zero-order chi connectivity index (χ0) is 20.9. The highest BCUT2D eigenvalue weighted by atomic mass is 16.2. The zero-order valence-electron chi connectivity index (χ0n) is 17.5. The lowest BCUT2D eigenvalue weighted by Crippen LogP contribution is -2.50. The molecule has 0 bridgehead atoms. The van der Waals surface area contributed by atoms with Crippen LogP contribution >= 0.6 is 0 Å². The number of para-hydroxylation sites is 2. The van der Waals surface area contributed by atoms with E-state index < -0.39 is 0 Å². The van der Waals surface area contributed by atoms with Crippen LogP contribution in [0.5, 0.6) is 0 Å². The highest BCUT2D eigenvalue weighted by Gasteiger charge is 2.31. The molecule has 1 aliphatic heterocycles. The first-order valence-electron chi connectivity index (χ1n) is 10.8. The molecule has 0 N–H and O–H groups in total. The number of imidazole rings is 1. The van der Waals surface area contributed by atoms with Gasteiger partial charge in [-0.15, -0.1) is 0 Å². The van der Waals surface area contributed by atoms with Gasteiger partial charge in [0.1, 0.15) is 24.5 Å². The topological polar surface area (TPSA) is 85.0 Å². The summed E-state index contributed by atoms with van der Waals surface area (Å²) in [5.74, 6) is 2.60. The van der Waals surface area contributed by atoms with Crippen molar-refractivity contribution in [3.8, 4) is 0 Å². The number of piperazine rings is 1.